The highest BCUT2D eigenvalue weighted by molar-refractivity contribution is 5.90. The molecule has 2 fully saturated rings. The summed E-state index contributed by atoms with van der Waals surface area (Å²) >= 11 is 0. The Hall–Kier alpha value is -8.36. The van der Waals surface area contributed by atoms with Gasteiger partial charge in [0.25, 0.3) is 0 Å². The minimum absolute atomic E-state index is 0.210. The second-order valence-corrected chi connectivity index (χ2v) is 26.8. The first-order chi connectivity index (χ1) is 41.4. The Balaban J connectivity index is 0.000000209. The molecule has 0 radical (unpaired) electrons. The molecule has 10 rings (SSSR count). The van der Waals surface area contributed by atoms with Crippen LogP contribution in [0.15, 0.2) is 97.1 Å². The lowest BCUT2D eigenvalue weighted by atomic mass is 9.81. The number of nitrogens with zero attached hydrogens (tertiary/aromatic N) is 12. The molecule has 0 spiro atoms. The summed E-state index contributed by atoms with van der Waals surface area (Å²) in [6.07, 6.45) is 1.60. The number of aryl methyl sites for hydroxylation is 4. The topological polar surface area (TPSA) is 213 Å². The van der Waals surface area contributed by atoms with Crippen LogP contribution >= 0.6 is 0 Å². The number of aromatic nitrogens is 10. The second-order valence-electron chi connectivity index (χ2n) is 26.8. The lowest BCUT2D eigenvalue weighted by molar-refractivity contribution is -0.161. The number of carboxylic acid groups (broad SMARTS) is 2. The molecule has 8 aromatic rings. The first-order valence-electron chi connectivity index (χ1n) is 30.0. The zero-order valence-electron chi connectivity index (χ0n) is 53.1. The van der Waals surface area contributed by atoms with Gasteiger partial charge in [0.05, 0.1) is 35.7 Å². The molecule has 88 heavy (non-hydrogen) atoms. The van der Waals surface area contributed by atoms with Gasteiger partial charge in [-0.05, 0) is 168 Å². The molecule has 2 N–H and O–H groups in total. The number of hydrogen-bond donors (Lipinski definition) is 2. The van der Waals surface area contributed by atoms with E-state index in [1.165, 1.54) is 29.1 Å². The summed E-state index contributed by atoms with van der Waals surface area (Å²) in [5.74, 6) is -1.60. The van der Waals surface area contributed by atoms with Gasteiger partial charge in [-0.25, -0.2) is 23.1 Å². The third kappa shape index (κ3) is 15.3. The van der Waals surface area contributed by atoms with E-state index in [4.69, 9.17) is 19.4 Å². The molecule has 2 atom stereocenters. The fraction of sp³-hybridized carbons (Fsp3) is 0.441. The molecule has 2 aliphatic heterocycles. The van der Waals surface area contributed by atoms with E-state index in [9.17, 15) is 28.6 Å². The summed E-state index contributed by atoms with van der Waals surface area (Å²) in [5, 5.41) is 46.1. The van der Waals surface area contributed by atoms with Gasteiger partial charge in [-0.3, -0.25) is 9.97 Å². The van der Waals surface area contributed by atoms with Gasteiger partial charge in [-0.15, -0.1) is 15.3 Å². The van der Waals surface area contributed by atoms with Crippen molar-refractivity contribution >= 4 is 23.3 Å². The molecular weight excluding hydrogens is 1120 g/mol. The van der Waals surface area contributed by atoms with Gasteiger partial charge in [-0.2, -0.15) is 4.80 Å². The van der Waals surface area contributed by atoms with Gasteiger partial charge in [0.15, 0.2) is 18.0 Å². The van der Waals surface area contributed by atoms with Crippen molar-refractivity contribution in [3.8, 4) is 45.0 Å². The van der Waals surface area contributed by atoms with Crippen molar-refractivity contribution in [2.24, 2.45) is 10.8 Å². The Bertz CT molecular complexity index is 3760. The SMILES string of the molecule is Cc1nc(C)c([C@H](OC(C)(C)C)C(=O)O)c(N2CCC(C)(C)CC2)c1-c1ccc(-c2nnn(Cc3ccc(F)cc3)n2)cc1.Cc1nc(C)c([C@H](OC(C)(C)C)C(=O)O)c(N2CCC(C)(C)CC2)c1-c1ccc(-c2nnnn2Cc2ccc(F)cc2)cc1. The highest BCUT2D eigenvalue weighted by atomic mass is 19.1. The smallest absolute Gasteiger partial charge is 0.337 e. The fourth-order valence-electron chi connectivity index (χ4n) is 11.5. The molecule has 0 saturated carbocycles. The predicted molar refractivity (Wildman–Crippen MR) is 336 cm³/mol. The molecule has 18 nitrogen and oxygen atoms in total. The molecule has 464 valence electrons. The summed E-state index contributed by atoms with van der Waals surface area (Å²) in [4.78, 5) is 41.3. The summed E-state index contributed by atoms with van der Waals surface area (Å²) < 4.78 is 40.8. The standard InChI is InChI=1S/2C34H41FN6O3/c1-21-27(24-10-12-25(13-11-24)31-37-38-39-41(31)20-23-8-14-26(35)15-9-23)29(40-18-16-34(6,7)17-19-40)28(22(2)36-21)30(32(42)43)44-33(3,4)5;1-21-27(24-10-12-25(13-11-24)31-37-39-41(38-31)20-23-8-14-26(35)15-9-23)29(40-18-16-34(6,7)17-19-40)28(22(2)36-21)30(32(42)43)44-33(3,4)5/h2*8-15,30H,16-20H2,1-7H3,(H,42,43)/t2*30-/m00/s1. The number of tetrazole rings is 2. The van der Waals surface area contributed by atoms with E-state index in [2.05, 4.69) is 68.4 Å². The van der Waals surface area contributed by atoms with Crippen LogP contribution in [-0.4, -0.2) is 110 Å². The van der Waals surface area contributed by atoms with Crippen LogP contribution in [0.1, 0.15) is 152 Å². The quantitative estimate of drug-likeness (QED) is 0.0920. The number of carbonyl (C=O) groups is 2. The van der Waals surface area contributed by atoms with Crippen LogP contribution in [-0.2, 0) is 32.2 Å². The van der Waals surface area contributed by atoms with Crippen molar-refractivity contribution < 1.29 is 38.1 Å². The maximum atomic E-state index is 13.4. The molecule has 20 heteroatoms. The number of carboxylic acids is 2. The van der Waals surface area contributed by atoms with E-state index in [-0.39, 0.29) is 22.5 Å². The first-order valence-corrected chi connectivity index (χ1v) is 30.0. The van der Waals surface area contributed by atoms with Crippen molar-refractivity contribution in [3.63, 3.8) is 0 Å². The average Bonchev–Trinajstić information content (AvgIpc) is 0.986. The molecular formula is C68H82F2N12O6. The predicted octanol–water partition coefficient (Wildman–Crippen LogP) is 13.5. The maximum absolute atomic E-state index is 13.4. The Labute approximate surface area is 514 Å². The second kappa shape index (κ2) is 25.8. The highest BCUT2D eigenvalue weighted by Crippen LogP contribution is 2.47. The van der Waals surface area contributed by atoms with E-state index < -0.39 is 35.3 Å². The zero-order chi connectivity index (χ0) is 63.6. The van der Waals surface area contributed by atoms with Crippen molar-refractivity contribution in [1.29, 1.82) is 0 Å². The van der Waals surface area contributed by atoms with Crippen molar-refractivity contribution in [2.75, 3.05) is 36.0 Å². The number of pyridine rings is 2. The fourth-order valence-corrected chi connectivity index (χ4v) is 11.5. The lowest BCUT2D eigenvalue weighted by Crippen LogP contribution is -2.39. The van der Waals surface area contributed by atoms with Crippen LogP contribution in [0.25, 0.3) is 45.0 Å². The Morgan fingerprint density at radius 3 is 1.32 bits per heavy atom. The Morgan fingerprint density at radius 1 is 0.534 bits per heavy atom. The molecule has 0 aliphatic carbocycles. The average molecular weight is 1200 g/mol. The number of rotatable bonds is 16. The van der Waals surface area contributed by atoms with E-state index >= 15 is 0 Å². The molecule has 4 aromatic carbocycles. The van der Waals surface area contributed by atoms with Crippen LogP contribution in [0.5, 0.6) is 0 Å². The molecule has 0 unspecified atom stereocenters. The molecule has 0 amide bonds. The minimum atomic E-state index is -1.18. The number of aliphatic carboxylic acids is 2. The number of hydrogen-bond acceptors (Lipinski definition) is 14. The Morgan fingerprint density at radius 2 is 0.920 bits per heavy atom. The van der Waals surface area contributed by atoms with Gasteiger partial charge >= 0.3 is 11.9 Å². The number of halogens is 2. The van der Waals surface area contributed by atoms with Crippen LogP contribution in [0, 0.1) is 50.2 Å². The van der Waals surface area contributed by atoms with Gasteiger partial charge in [0, 0.05) is 82.3 Å². The largest absolute Gasteiger partial charge is 0.479 e. The third-order valence-electron chi connectivity index (χ3n) is 16.3. The van der Waals surface area contributed by atoms with Gasteiger partial charge in [0.2, 0.25) is 5.82 Å². The normalized spacial score (nSPS) is 15.8. The number of piperidine rings is 2. The zero-order valence-corrected chi connectivity index (χ0v) is 53.1. The van der Waals surface area contributed by atoms with Gasteiger partial charge < -0.3 is 29.5 Å². The van der Waals surface area contributed by atoms with Crippen LogP contribution in [0.4, 0.5) is 20.2 Å². The summed E-state index contributed by atoms with van der Waals surface area (Å²) in [5.41, 5.74) is 11.9. The monoisotopic (exact) mass is 1200 g/mol. The van der Waals surface area contributed by atoms with Gasteiger partial charge in [0.1, 0.15) is 11.6 Å². The molecule has 2 saturated heterocycles. The van der Waals surface area contributed by atoms with E-state index in [1.54, 1.807) is 28.9 Å². The Kier molecular flexibility index (Phi) is 18.8. The van der Waals surface area contributed by atoms with E-state index in [0.29, 0.717) is 47.3 Å². The van der Waals surface area contributed by atoms with Crippen LogP contribution < -0.4 is 9.80 Å². The lowest BCUT2D eigenvalue weighted by Gasteiger charge is -2.41. The molecule has 0 bridgehead atoms. The summed E-state index contributed by atoms with van der Waals surface area (Å²) in [7, 11) is 0. The van der Waals surface area contributed by atoms with Crippen molar-refractivity contribution in [1.82, 2.24) is 50.4 Å². The minimum Gasteiger partial charge on any atom is -0.479 e. The van der Waals surface area contributed by atoms with Gasteiger partial charge in [-0.1, -0.05) is 100 Å². The van der Waals surface area contributed by atoms with Crippen LogP contribution in [0.2, 0.25) is 0 Å². The molecule has 2 aliphatic rings. The van der Waals surface area contributed by atoms with Crippen molar-refractivity contribution in [3.05, 3.63) is 154 Å². The number of ether oxygens (including phenoxy) is 2. The summed E-state index contributed by atoms with van der Waals surface area (Å²) in [6, 6.07) is 28.3. The first kappa shape index (κ1) is 64.1. The number of benzene rings is 4. The number of anilines is 2. The van der Waals surface area contributed by atoms with E-state index in [1.807, 2.05) is 118 Å². The van der Waals surface area contributed by atoms with Crippen LogP contribution in [0.3, 0.4) is 0 Å². The highest BCUT2D eigenvalue weighted by Gasteiger charge is 2.39. The molecule has 4 aromatic heterocycles. The third-order valence-corrected chi connectivity index (χ3v) is 16.3. The molecule has 6 heterocycles. The maximum Gasteiger partial charge on any atom is 0.337 e. The summed E-state index contributed by atoms with van der Waals surface area (Å²) in [6.45, 7) is 32.0. The van der Waals surface area contributed by atoms with Crippen molar-refractivity contribution in [2.45, 2.75) is 159 Å². The van der Waals surface area contributed by atoms with E-state index in [0.717, 1.165) is 119 Å².